The fraction of sp³-hybridized carbons (Fsp3) is 0.118. The third-order valence-corrected chi connectivity index (χ3v) is 3.52. The summed E-state index contributed by atoms with van der Waals surface area (Å²) in [6, 6.07) is 15.1. The Morgan fingerprint density at radius 1 is 1.14 bits per heavy atom. The van der Waals surface area contributed by atoms with Gasteiger partial charge in [0.15, 0.2) is 0 Å². The highest BCUT2D eigenvalue weighted by Gasteiger charge is 2.18. The number of para-hydroxylation sites is 2. The van der Waals surface area contributed by atoms with Gasteiger partial charge in [-0.3, -0.25) is 4.79 Å². The summed E-state index contributed by atoms with van der Waals surface area (Å²) >= 11 is 0. The standard InChI is InChI=1S/C17H16N2O2/c1-19(10-12-6-2-4-8-15(12)18)17(20)14-11-21-16-9-5-3-7-13(14)16/h2-9,11H,10,18H2,1H3. The van der Waals surface area contributed by atoms with Gasteiger partial charge in [-0.1, -0.05) is 36.4 Å². The van der Waals surface area contributed by atoms with Gasteiger partial charge in [0.1, 0.15) is 11.8 Å². The molecule has 0 aliphatic heterocycles. The molecule has 0 aliphatic rings. The molecule has 4 heteroatoms. The second-order valence-electron chi connectivity index (χ2n) is 5.01. The maximum atomic E-state index is 12.6. The quantitative estimate of drug-likeness (QED) is 0.749. The lowest BCUT2D eigenvalue weighted by Gasteiger charge is -2.17. The lowest BCUT2D eigenvalue weighted by molar-refractivity contribution is 0.0786. The zero-order chi connectivity index (χ0) is 14.8. The Kier molecular flexibility index (Phi) is 3.36. The maximum absolute atomic E-state index is 12.6. The minimum absolute atomic E-state index is 0.0804. The van der Waals surface area contributed by atoms with Crippen LogP contribution in [0.25, 0.3) is 11.0 Å². The van der Waals surface area contributed by atoms with E-state index in [2.05, 4.69) is 0 Å². The molecule has 0 saturated heterocycles. The number of carbonyl (C=O) groups is 1. The second-order valence-corrected chi connectivity index (χ2v) is 5.01. The van der Waals surface area contributed by atoms with Crippen LogP contribution in [0.5, 0.6) is 0 Å². The third-order valence-electron chi connectivity index (χ3n) is 3.52. The van der Waals surface area contributed by atoms with Gasteiger partial charge in [0.2, 0.25) is 0 Å². The van der Waals surface area contributed by atoms with Gasteiger partial charge in [0.05, 0.1) is 5.56 Å². The summed E-state index contributed by atoms with van der Waals surface area (Å²) in [5.74, 6) is -0.0804. The molecule has 0 atom stereocenters. The van der Waals surface area contributed by atoms with E-state index >= 15 is 0 Å². The van der Waals surface area contributed by atoms with E-state index in [1.807, 2.05) is 48.5 Å². The number of rotatable bonds is 3. The molecule has 4 nitrogen and oxygen atoms in total. The summed E-state index contributed by atoms with van der Waals surface area (Å²) < 4.78 is 5.42. The summed E-state index contributed by atoms with van der Waals surface area (Å²) in [6.45, 7) is 0.463. The van der Waals surface area contributed by atoms with Crippen molar-refractivity contribution in [3.63, 3.8) is 0 Å². The van der Waals surface area contributed by atoms with E-state index in [-0.39, 0.29) is 5.91 Å². The average Bonchev–Trinajstić information content (AvgIpc) is 2.92. The van der Waals surface area contributed by atoms with Crippen molar-refractivity contribution in [1.29, 1.82) is 0 Å². The van der Waals surface area contributed by atoms with Gasteiger partial charge in [0, 0.05) is 24.7 Å². The molecule has 0 bridgehead atoms. The Morgan fingerprint density at radius 2 is 1.86 bits per heavy atom. The van der Waals surface area contributed by atoms with Crippen molar-refractivity contribution in [3.05, 3.63) is 65.9 Å². The number of nitrogens with two attached hydrogens (primary N) is 1. The number of carbonyl (C=O) groups excluding carboxylic acids is 1. The number of anilines is 1. The van der Waals surface area contributed by atoms with Gasteiger partial charge in [-0.05, 0) is 17.7 Å². The van der Waals surface area contributed by atoms with E-state index in [0.717, 1.165) is 10.9 Å². The van der Waals surface area contributed by atoms with E-state index in [1.165, 1.54) is 6.26 Å². The predicted octanol–water partition coefficient (Wildman–Crippen LogP) is 3.29. The number of benzene rings is 2. The van der Waals surface area contributed by atoms with Crippen LogP contribution >= 0.6 is 0 Å². The number of nitrogen functional groups attached to an aromatic ring is 1. The molecule has 1 heterocycles. The normalized spacial score (nSPS) is 10.7. The van der Waals surface area contributed by atoms with Crippen molar-refractivity contribution in [2.45, 2.75) is 6.54 Å². The molecule has 3 rings (SSSR count). The zero-order valence-corrected chi connectivity index (χ0v) is 11.7. The molecule has 2 N–H and O–H groups in total. The largest absolute Gasteiger partial charge is 0.463 e. The minimum atomic E-state index is -0.0804. The first-order valence-corrected chi connectivity index (χ1v) is 6.72. The highest BCUT2D eigenvalue weighted by atomic mass is 16.3. The Morgan fingerprint density at radius 3 is 2.67 bits per heavy atom. The first-order chi connectivity index (χ1) is 10.2. The van der Waals surface area contributed by atoms with Crippen LogP contribution in [0.3, 0.4) is 0 Å². The average molecular weight is 280 g/mol. The van der Waals surface area contributed by atoms with Gasteiger partial charge in [-0.25, -0.2) is 0 Å². The molecule has 0 fully saturated rings. The van der Waals surface area contributed by atoms with Crippen molar-refractivity contribution in [3.8, 4) is 0 Å². The summed E-state index contributed by atoms with van der Waals surface area (Å²) in [4.78, 5) is 14.2. The SMILES string of the molecule is CN(Cc1ccccc1N)C(=O)c1coc2ccccc12. The van der Waals surface area contributed by atoms with Crippen LogP contribution < -0.4 is 5.73 Å². The Hall–Kier alpha value is -2.75. The topological polar surface area (TPSA) is 59.5 Å². The van der Waals surface area contributed by atoms with Gasteiger partial charge in [0.25, 0.3) is 5.91 Å². The van der Waals surface area contributed by atoms with Crippen LogP contribution in [-0.2, 0) is 6.54 Å². The number of hydrogen-bond acceptors (Lipinski definition) is 3. The van der Waals surface area contributed by atoms with Crippen molar-refractivity contribution in [2.24, 2.45) is 0 Å². The molecule has 106 valence electrons. The fourth-order valence-electron chi connectivity index (χ4n) is 2.35. The van der Waals surface area contributed by atoms with Crippen LogP contribution in [0, 0.1) is 0 Å². The maximum Gasteiger partial charge on any atom is 0.257 e. The number of furan rings is 1. The van der Waals surface area contributed by atoms with Crippen molar-refractivity contribution < 1.29 is 9.21 Å². The molecule has 1 aromatic heterocycles. The molecule has 21 heavy (non-hydrogen) atoms. The molecule has 0 unspecified atom stereocenters. The van der Waals surface area contributed by atoms with Crippen LogP contribution in [0.4, 0.5) is 5.69 Å². The molecule has 3 aromatic rings. The summed E-state index contributed by atoms with van der Waals surface area (Å²) in [5, 5.41) is 0.829. The van der Waals surface area contributed by atoms with Crippen molar-refractivity contribution in [2.75, 3.05) is 12.8 Å². The van der Waals surface area contributed by atoms with Crippen molar-refractivity contribution >= 4 is 22.6 Å². The highest BCUT2D eigenvalue weighted by molar-refractivity contribution is 6.05. The molecule has 0 aliphatic carbocycles. The van der Waals surface area contributed by atoms with Crippen LogP contribution in [0.1, 0.15) is 15.9 Å². The Bertz CT molecular complexity index is 792. The van der Waals surface area contributed by atoms with Gasteiger partial charge < -0.3 is 15.1 Å². The van der Waals surface area contributed by atoms with Crippen molar-refractivity contribution in [1.82, 2.24) is 4.90 Å². The molecule has 0 saturated carbocycles. The van der Waals surface area contributed by atoms with Gasteiger partial charge >= 0.3 is 0 Å². The second kappa shape index (κ2) is 5.32. The number of hydrogen-bond donors (Lipinski definition) is 1. The molecular formula is C17H16N2O2. The van der Waals surface area contributed by atoms with Crippen LogP contribution in [0.15, 0.2) is 59.2 Å². The molecule has 1 amide bonds. The summed E-state index contributed by atoms with van der Waals surface area (Å²) in [6.07, 6.45) is 1.51. The molecular weight excluding hydrogens is 264 g/mol. The first kappa shape index (κ1) is 13.2. The van der Waals surface area contributed by atoms with Gasteiger partial charge in [-0.15, -0.1) is 0 Å². The lowest BCUT2D eigenvalue weighted by Crippen LogP contribution is -2.26. The van der Waals surface area contributed by atoms with Crippen LogP contribution in [0.2, 0.25) is 0 Å². The number of amides is 1. The number of nitrogens with zero attached hydrogens (tertiary/aromatic N) is 1. The van der Waals surface area contributed by atoms with E-state index in [1.54, 1.807) is 11.9 Å². The lowest BCUT2D eigenvalue weighted by atomic mass is 10.1. The monoisotopic (exact) mass is 280 g/mol. The predicted molar refractivity (Wildman–Crippen MR) is 82.9 cm³/mol. The Labute approximate surface area is 122 Å². The van der Waals surface area contributed by atoms with E-state index in [0.29, 0.717) is 23.4 Å². The summed E-state index contributed by atoms with van der Waals surface area (Å²) in [7, 11) is 1.76. The first-order valence-electron chi connectivity index (χ1n) is 6.72. The van der Waals surface area contributed by atoms with E-state index in [9.17, 15) is 4.79 Å². The highest BCUT2D eigenvalue weighted by Crippen LogP contribution is 2.22. The summed E-state index contributed by atoms with van der Waals surface area (Å²) in [5.41, 5.74) is 8.83. The smallest absolute Gasteiger partial charge is 0.257 e. The molecule has 0 radical (unpaired) electrons. The van der Waals surface area contributed by atoms with Crippen LogP contribution in [-0.4, -0.2) is 17.9 Å². The van der Waals surface area contributed by atoms with Gasteiger partial charge in [-0.2, -0.15) is 0 Å². The minimum Gasteiger partial charge on any atom is -0.463 e. The van der Waals surface area contributed by atoms with E-state index in [4.69, 9.17) is 10.2 Å². The molecule has 2 aromatic carbocycles. The fourth-order valence-corrected chi connectivity index (χ4v) is 2.35. The molecule has 0 spiro atoms. The number of fused-ring (bicyclic) bond motifs is 1. The zero-order valence-electron chi connectivity index (χ0n) is 11.7. The third kappa shape index (κ3) is 2.48. The van der Waals surface area contributed by atoms with E-state index < -0.39 is 0 Å². The Balaban J connectivity index is 1.86.